The number of carbonyl (C=O) groups excluding carboxylic acids is 1. The molecule has 0 bridgehead atoms. The molecule has 5 heteroatoms. The van der Waals surface area contributed by atoms with E-state index in [1.165, 1.54) is 0 Å². The van der Waals surface area contributed by atoms with E-state index >= 15 is 0 Å². The molecule has 0 unspecified atom stereocenters. The number of hydrogen-bond donors (Lipinski definition) is 1. The quantitative estimate of drug-likeness (QED) is 0.872. The molecule has 4 nitrogen and oxygen atoms in total. The average Bonchev–Trinajstić information content (AvgIpc) is 2.81. The van der Waals surface area contributed by atoms with Crippen LogP contribution in [0, 0.1) is 6.92 Å². The highest BCUT2D eigenvalue weighted by atomic mass is 35.5. The Hall–Kier alpha value is -1.94. The van der Waals surface area contributed by atoms with Gasteiger partial charge in [-0.05, 0) is 45.0 Å². The third-order valence-corrected chi connectivity index (χ3v) is 3.58. The van der Waals surface area contributed by atoms with Crippen LogP contribution in [-0.4, -0.2) is 16.8 Å². The van der Waals surface area contributed by atoms with Crippen molar-refractivity contribution in [2.24, 2.45) is 0 Å². The topological polar surface area (TPSA) is 59.5 Å². The standard InChI is InChI=1S/C16H19ClN2O2/c1-10(2)19(9-12-8-7-11(3)21-12)16(20)15-13(17)5-4-6-14(15)18/h4-8,10H,9,18H2,1-3H3. The van der Waals surface area contributed by atoms with E-state index in [1.807, 2.05) is 32.9 Å². The zero-order chi connectivity index (χ0) is 15.6. The van der Waals surface area contributed by atoms with Crippen LogP contribution in [0.3, 0.4) is 0 Å². The Labute approximate surface area is 129 Å². The maximum absolute atomic E-state index is 12.8. The lowest BCUT2D eigenvalue weighted by atomic mass is 10.1. The van der Waals surface area contributed by atoms with Gasteiger partial charge in [-0.15, -0.1) is 0 Å². The van der Waals surface area contributed by atoms with Gasteiger partial charge in [-0.25, -0.2) is 0 Å². The van der Waals surface area contributed by atoms with Crippen molar-refractivity contribution in [3.63, 3.8) is 0 Å². The fraction of sp³-hybridized carbons (Fsp3) is 0.312. The maximum Gasteiger partial charge on any atom is 0.258 e. The average molecular weight is 307 g/mol. The number of furan rings is 1. The first-order valence-corrected chi connectivity index (χ1v) is 7.18. The number of nitrogen functional groups attached to an aromatic ring is 1. The Bertz CT molecular complexity index is 629. The van der Waals surface area contributed by atoms with Crippen molar-refractivity contribution in [3.8, 4) is 0 Å². The van der Waals surface area contributed by atoms with Gasteiger partial charge in [-0.3, -0.25) is 4.79 Å². The highest BCUT2D eigenvalue weighted by molar-refractivity contribution is 6.34. The van der Waals surface area contributed by atoms with Crippen molar-refractivity contribution in [3.05, 3.63) is 52.4 Å². The van der Waals surface area contributed by atoms with Crippen LogP contribution in [-0.2, 0) is 6.54 Å². The van der Waals surface area contributed by atoms with Gasteiger partial charge in [0, 0.05) is 11.7 Å². The van der Waals surface area contributed by atoms with Gasteiger partial charge in [0.05, 0.1) is 17.1 Å². The second kappa shape index (κ2) is 6.22. The fourth-order valence-corrected chi connectivity index (χ4v) is 2.40. The minimum Gasteiger partial charge on any atom is -0.464 e. The second-order valence-corrected chi connectivity index (χ2v) is 5.65. The summed E-state index contributed by atoms with van der Waals surface area (Å²) in [5, 5.41) is 0.362. The van der Waals surface area contributed by atoms with E-state index in [2.05, 4.69) is 0 Å². The Morgan fingerprint density at radius 2 is 2.05 bits per heavy atom. The minimum atomic E-state index is -0.192. The Kier molecular flexibility index (Phi) is 4.58. The Morgan fingerprint density at radius 3 is 2.57 bits per heavy atom. The summed E-state index contributed by atoms with van der Waals surface area (Å²) >= 11 is 6.13. The number of nitrogens with zero attached hydrogens (tertiary/aromatic N) is 1. The molecule has 2 N–H and O–H groups in total. The number of rotatable bonds is 4. The minimum absolute atomic E-state index is 0.00132. The summed E-state index contributed by atoms with van der Waals surface area (Å²) in [6, 6.07) is 8.81. The summed E-state index contributed by atoms with van der Waals surface area (Å²) in [6.45, 7) is 6.15. The van der Waals surface area contributed by atoms with Gasteiger partial charge in [-0.2, -0.15) is 0 Å². The SMILES string of the molecule is Cc1ccc(CN(C(=O)c2c(N)cccc2Cl)C(C)C)o1. The molecule has 0 saturated heterocycles. The number of hydrogen-bond acceptors (Lipinski definition) is 3. The van der Waals surface area contributed by atoms with E-state index in [4.69, 9.17) is 21.8 Å². The molecule has 0 aliphatic rings. The van der Waals surface area contributed by atoms with Crippen molar-refractivity contribution in [2.75, 3.05) is 5.73 Å². The van der Waals surface area contributed by atoms with Crippen LogP contribution >= 0.6 is 11.6 Å². The molecule has 0 atom stereocenters. The number of carbonyl (C=O) groups is 1. The smallest absolute Gasteiger partial charge is 0.258 e. The number of amides is 1. The summed E-state index contributed by atoms with van der Waals surface area (Å²) in [7, 11) is 0. The second-order valence-electron chi connectivity index (χ2n) is 5.24. The first-order chi connectivity index (χ1) is 9.90. The van der Waals surface area contributed by atoms with Gasteiger partial charge in [0.15, 0.2) is 0 Å². The molecule has 0 fully saturated rings. The lowest BCUT2D eigenvalue weighted by Gasteiger charge is -2.26. The molecule has 1 aromatic carbocycles. The molecular weight excluding hydrogens is 288 g/mol. The van der Waals surface area contributed by atoms with Crippen molar-refractivity contribution >= 4 is 23.2 Å². The van der Waals surface area contributed by atoms with E-state index in [-0.39, 0.29) is 11.9 Å². The number of benzene rings is 1. The third-order valence-electron chi connectivity index (χ3n) is 3.27. The van der Waals surface area contributed by atoms with E-state index < -0.39 is 0 Å². The highest BCUT2D eigenvalue weighted by Crippen LogP contribution is 2.25. The first kappa shape index (κ1) is 15.4. The van der Waals surface area contributed by atoms with Gasteiger partial charge in [0.25, 0.3) is 5.91 Å². The summed E-state index contributed by atoms with van der Waals surface area (Å²) < 4.78 is 5.55. The molecule has 1 amide bonds. The van der Waals surface area contributed by atoms with Crippen LogP contribution in [0.1, 0.15) is 35.7 Å². The van der Waals surface area contributed by atoms with Gasteiger partial charge in [0.1, 0.15) is 11.5 Å². The van der Waals surface area contributed by atoms with Gasteiger partial charge in [-0.1, -0.05) is 17.7 Å². The predicted molar refractivity (Wildman–Crippen MR) is 84.3 cm³/mol. The first-order valence-electron chi connectivity index (χ1n) is 6.80. The monoisotopic (exact) mass is 306 g/mol. The molecule has 2 rings (SSSR count). The number of aryl methyl sites for hydroxylation is 1. The number of halogens is 1. The molecule has 0 aliphatic heterocycles. The maximum atomic E-state index is 12.8. The zero-order valence-electron chi connectivity index (χ0n) is 12.4. The predicted octanol–water partition coefficient (Wildman–Crippen LogP) is 3.87. The van der Waals surface area contributed by atoms with Crippen LogP contribution < -0.4 is 5.73 Å². The van der Waals surface area contributed by atoms with Gasteiger partial charge >= 0.3 is 0 Å². The van der Waals surface area contributed by atoms with Crippen LogP contribution in [0.5, 0.6) is 0 Å². The van der Waals surface area contributed by atoms with Crippen LogP contribution in [0.2, 0.25) is 5.02 Å². The van der Waals surface area contributed by atoms with Gasteiger partial charge < -0.3 is 15.1 Å². The van der Waals surface area contributed by atoms with Crippen molar-refractivity contribution in [1.82, 2.24) is 4.90 Å². The van der Waals surface area contributed by atoms with E-state index in [1.54, 1.807) is 23.1 Å². The number of anilines is 1. The molecule has 0 spiro atoms. The van der Waals surface area contributed by atoms with Crippen molar-refractivity contribution in [1.29, 1.82) is 0 Å². The molecule has 1 heterocycles. The normalized spacial score (nSPS) is 10.9. The van der Waals surface area contributed by atoms with Gasteiger partial charge in [0.2, 0.25) is 0 Å². The molecular formula is C16H19ClN2O2. The summed E-state index contributed by atoms with van der Waals surface area (Å²) in [5.41, 5.74) is 6.63. The van der Waals surface area contributed by atoms with E-state index in [0.717, 1.165) is 11.5 Å². The number of nitrogens with two attached hydrogens (primary N) is 1. The highest BCUT2D eigenvalue weighted by Gasteiger charge is 2.24. The Morgan fingerprint density at radius 1 is 1.33 bits per heavy atom. The van der Waals surface area contributed by atoms with E-state index in [9.17, 15) is 4.79 Å². The molecule has 1 aromatic heterocycles. The molecule has 0 radical (unpaired) electrons. The van der Waals surface area contributed by atoms with Crippen LogP contribution in [0.15, 0.2) is 34.7 Å². The fourth-order valence-electron chi connectivity index (χ4n) is 2.14. The largest absolute Gasteiger partial charge is 0.464 e. The summed E-state index contributed by atoms with van der Waals surface area (Å²) in [4.78, 5) is 14.4. The Balaban J connectivity index is 2.32. The molecule has 112 valence electrons. The molecule has 0 aliphatic carbocycles. The molecule has 21 heavy (non-hydrogen) atoms. The molecule has 0 saturated carbocycles. The van der Waals surface area contributed by atoms with E-state index in [0.29, 0.717) is 22.8 Å². The third kappa shape index (κ3) is 3.39. The molecule has 2 aromatic rings. The zero-order valence-corrected chi connectivity index (χ0v) is 13.1. The van der Waals surface area contributed by atoms with Crippen molar-refractivity contribution in [2.45, 2.75) is 33.4 Å². The van der Waals surface area contributed by atoms with Crippen LogP contribution in [0.4, 0.5) is 5.69 Å². The lowest BCUT2D eigenvalue weighted by Crippen LogP contribution is -2.36. The lowest BCUT2D eigenvalue weighted by molar-refractivity contribution is 0.0676. The van der Waals surface area contributed by atoms with Crippen molar-refractivity contribution < 1.29 is 9.21 Å². The summed E-state index contributed by atoms with van der Waals surface area (Å²) in [6.07, 6.45) is 0. The summed E-state index contributed by atoms with van der Waals surface area (Å²) in [5.74, 6) is 1.36. The van der Waals surface area contributed by atoms with Crippen LogP contribution in [0.25, 0.3) is 0 Å².